The summed E-state index contributed by atoms with van der Waals surface area (Å²) in [7, 11) is 0. The quantitative estimate of drug-likeness (QED) is 0.626. The Bertz CT molecular complexity index is 189. The van der Waals surface area contributed by atoms with Crippen LogP contribution in [-0.4, -0.2) is 31.2 Å². The lowest BCUT2D eigenvalue weighted by Crippen LogP contribution is -2.30. The Labute approximate surface area is 94.3 Å². The summed E-state index contributed by atoms with van der Waals surface area (Å²) in [5, 5.41) is 0. The van der Waals surface area contributed by atoms with Gasteiger partial charge in [0.1, 0.15) is 0 Å². The summed E-state index contributed by atoms with van der Waals surface area (Å²) in [6.45, 7) is 12.5. The molecule has 15 heavy (non-hydrogen) atoms. The van der Waals surface area contributed by atoms with Gasteiger partial charge in [-0.15, -0.1) is 0 Å². The minimum Gasteiger partial charge on any atom is -0.380 e. The lowest BCUT2D eigenvalue weighted by molar-refractivity contribution is 0.101. The number of rotatable bonds is 6. The van der Waals surface area contributed by atoms with Crippen LogP contribution in [0, 0.1) is 5.92 Å². The molecule has 0 unspecified atom stereocenters. The highest BCUT2D eigenvalue weighted by Gasteiger charge is 2.11. The van der Waals surface area contributed by atoms with Crippen molar-refractivity contribution in [1.29, 1.82) is 0 Å². The minimum absolute atomic E-state index is 0.745. The van der Waals surface area contributed by atoms with Crippen LogP contribution in [-0.2, 0) is 4.74 Å². The Morgan fingerprint density at radius 3 is 2.80 bits per heavy atom. The highest BCUT2D eigenvalue weighted by Crippen LogP contribution is 2.17. The fourth-order valence-corrected chi connectivity index (χ4v) is 1.81. The maximum atomic E-state index is 5.61. The summed E-state index contributed by atoms with van der Waals surface area (Å²) in [5.74, 6) is 0.745. The molecule has 0 aliphatic carbocycles. The standard InChI is InChI=1S/C13H25NO/c1-12(2)7-10-15-11-9-14-8-5-4-6-13(14)3/h12H,3-11H2,1-2H3. The molecule has 2 nitrogen and oxygen atoms in total. The number of ether oxygens (including phenoxy) is 1. The van der Waals surface area contributed by atoms with Crippen molar-refractivity contribution in [3.8, 4) is 0 Å². The van der Waals surface area contributed by atoms with Crippen molar-refractivity contribution in [3.63, 3.8) is 0 Å². The summed E-state index contributed by atoms with van der Waals surface area (Å²) in [6, 6.07) is 0. The van der Waals surface area contributed by atoms with E-state index < -0.39 is 0 Å². The van der Waals surface area contributed by atoms with E-state index in [1.165, 1.54) is 37.9 Å². The Morgan fingerprint density at radius 2 is 2.13 bits per heavy atom. The molecule has 0 bridgehead atoms. The van der Waals surface area contributed by atoms with Crippen LogP contribution in [0.5, 0.6) is 0 Å². The van der Waals surface area contributed by atoms with Gasteiger partial charge in [0.25, 0.3) is 0 Å². The maximum absolute atomic E-state index is 5.61. The molecule has 0 amide bonds. The Hall–Kier alpha value is -0.500. The number of nitrogens with zero attached hydrogens (tertiary/aromatic N) is 1. The smallest absolute Gasteiger partial charge is 0.0641 e. The molecule has 1 heterocycles. The summed E-state index contributed by atoms with van der Waals surface area (Å²) in [4.78, 5) is 2.37. The second kappa shape index (κ2) is 6.89. The van der Waals surface area contributed by atoms with Gasteiger partial charge in [0.15, 0.2) is 0 Å². The molecule has 1 rings (SSSR count). The largest absolute Gasteiger partial charge is 0.380 e. The fourth-order valence-electron chi connectivity index (χ4n) is 1.81. The minimum atomic E-state index is 0.745. The molecule has 0 aromatic rings. The van der Waals surface area contributed by atoms with Gasteiger partial charge in [0.2, 0.25) is 0 Å². The third-order valence-electron chi connectivity index (χ3n) is 2.94. The van der Waals surface area contributed by atoms with E-state index >= 15 is 0 Å². The van der Waals surface area contributed by atoms with Crippen molar-refractivity contribution in [1.82, 2.24) is 4.90 Å². The predicted molar refractivity (Wildman–Crippen MR) is 64.8 cm³/mol. The Kier molecular flexibility index (Phi) is 5.77. The zero-order valence-electron chi connectivity index (χ0n) is 10.3. The number of hydrogen-bond donors (Lipinski definition) is 0. The Morgan fingerprint density at radius 1 is 1.33 bits per heavy atom. The first-order chi connectivity index (χ1) is 7.20. The number of piperidine rings is 1. The number of likely N-dealkylation sites (tertiary alicyclic amines) is 1. The van der Waals surface area contributed by atoms with Gasteiger partial charge in [0, 0.05) is 25.4 Å². The molecule has 1 saturated heterocycles. The molecule has 2 heteroatoms. The average Bonchev–Trinajstić information content (AvgIpc) is 2.20. The fraction of sp³-hybridized carbons (Fsp3) is 0.846. The lowest BCUT2D eigenvalue weighted by Gasteiger charge is -2.30. The van der Waals surface area contributed by atoms with Gasteiger partial charge in [-0.1, -0.05) is 20.4 Å². The van der Waals surface area contributed by atoms with Crippen molar-refractivity contribution >= 4 is 0 Å². The summed E-state index contributed by atoms with van der Waals surface area (Å²) in [5.41, 5.74) is 1.30. The lowest BCUT2D eigenvalue weighted by atomic mass is 10.1. The second-order valence-electron chi connectivity index (χ2n) is 4.81. The van der Waals surface area contributed by atoms with Gasteiger partial charge in [-0.05, 0) is 31.6 Å². The molecule has 1 aliphatic heterocycles. The summed E-state index contributed by atoms with van der Waals surface area (Å²) < 4.78 is 5.61. The molecule has 0 aromatic heterocycles. The van der Waals surface area contributed by atoms with Crippen LogP contribution in [0.15, 0.2) is 12.3 Å². The van der Waals surface area contributed by atoms with Gasteiger partial charge < -0.3 is 9.64 Å². The molecule has 0 N–H and O–H groups in total. The van der Waals surface area contributed by atoms with Crippen molar-refractivity contribution in [3.05, 3.63) is 12.3 Å². The monoisotopic (exact) mass is 211 g/mol. The topological polar surface area (TPSA) is 12.5 Å². The van der Waals surface area contributed by atoms with Crippen molar-refractivity contribution in [2.24, 2.45) is 5.92 Å². The summed E-state index contributed by atoms with van der Waals surface area (Å²) in [6.07, 6.45) is 4.96. The average molecular weight is 211 g/mol. The van der Waals surface area contributed by atoms with E-state index in [2.05, 4.69) is 25.3 Å². The molecule has 0 radical (unpaired) electrons. The first-order valence-electron chi connectivity index (χ1n) is 6.20. The van der Waals surface area contributed by atoms with E-state index in [1.54, 1.807) is 0 Å². The maximum Gasteiger partial charge on any atom is 0.0641 e. The third kappa shape index (κ3) is 5.22. The first-order valence-corrected chi connectivity index (χ1v) is 6.20. The Balaban J connectivity index is 2.01. The molecule has 0 aromatic carbocycles. The number of allylic oxidation sites excluding steroid dienone is 1. The zero-order valence-corrected chi connectivity index (χ0v) is 10.3. The van der Waals surface area contributed by atoms with Crippen LogP contribution in [0.3, 0.4) is 0 Å². The van der Waals surface area contributed by atoms with Gasteiger partial charge in [0.05, 0.1) is 6.61 Å². The SMILES string of the molecule is C=C1CCCCN1CCOCCC(C)C. The van der Waals surface area contributed by atoms with Gasteiger partial charge in [-0.25, -0.2) is 0 Å². The van der Waals surface area contributed by atoms with E-state index in [1.807, 2.05) is 0 Å². The van der Waals surface area contributed by atoms with E-state index in [0.29, 0.717) is 0 Å². The second-order valence-corrected chi connectivity index (χ2v) is 4.81. The molecular weight excluding hydrogens is 186 g/mol. The highest BCUT2D eigenvalue weighted by molar-refractivity contribution is 4.96. The zero-order chi connectivity index (χ0) is 11.1. The van der Waals surface area contributed by atoms with Crippen LogP contribution < -0.4 is 0 Å². The van der Waals surface area contributed by atoms with Gasteiger partial charge in [-0.3, -0.25) is 0 Å². The van der Waals surface area contributed by atoms with E-state index in [4.69, 9.17) is 4.74 Å². The van der Waals surface area contributed by atoms with Crippen LogP contribution >= 0.6 is 0 Å². The van der Waals surface area contributed by atoms with Crippen LogP contribution in [0.2, 0.25) is 0 Å². The van der Waals surface area contributed by atoms with Crippen molar-refractivity contribution in [2.75, 3.05) is 26.3 Å². The van der Waals surface area contributed by atoms with Gasteiger partial charge >= 0.3 is 0 Å². The third-order valence-corrected chi connectivity index (χ3v) is 2.94. The molecular formula is C13H25NO. The van der Waals surface area contributed by atoms with E-state index in [-0.39, 0.29) is 0 Å². The normalized spacial score (nSPS) is 17.5. The van der Waals surface area contributed by atoms with Crippen molar-refractivity contribution in [2.45, 2.75) is 39.5 Å². The molecule has 0 spiro atoms. The van der Waals surface area contributed by atoms with E-state index in [9.17, 15) is 0 Å². The van der Waals surface area contributed by atoms with Crippen LogP contribution in [0.25, 0.3) is 0 Å². The van der Waals surface area contributed by atoms with Crippen LogP contribution in [0.1, 0.15) is 39.5 Å². The number of hydrogen-bond acceptors (Lipinski definition) is 2. The van der Waals surface area contributed by atoms with E-state index in [0.717, 1.165) is 25.7 Å². The molecule has 1 aliphatic rings. The first kappa shape index (κ1) is 12.6. The van der Waals surface area contributed by atoms with Crippen LogP contribution in [0.4, 0.5) is 0 Å². The highest BCUT2D eigenvalue weighted by atomic mass is 16.5. The molecule has 88 valence electrons. The summed E-state index contributed by atoms with van der Waals surface area (Å²) >= 11 is 0. The molecule has 0 saturated carbocycles. The molecule has 0 atom stereocenters. The predicted octanol–water partition coefficient (Wildman–Crippen LogP) is 3.05. The van der Waals surface area contributed by atoms with Crippen molar-refractivity contribution < 1.29 is 4.74 Å². The van der Waals surface area contributed by atoms with Gasteiger partial charge in [-0.2, -0.15) is 0 Å². The molecule has 1 fully saturated rings.